The lowest BCUT2D eigenvalue weighted by atomic mass is 10.1. The minimum absolute atomic E-state index is 0.146. The van der Waals surface area contributed by atoms with Crippen molar-refractivity contribution >= 4 is 29.1 Å². The van der Waals surface area contributed by atoms with Crippen LogP contribution in [0.25, 0.3) is 0 Å². The minimum atomic E-state index is -0.660. The highest BCUT2D eigenvalue weighted by Gasteiger charge is 2.29. The number of rotatable bonds is 6. The number of hydrogen-bond acceptors (Lipinski definition) is 5. The van der Waals surface area contributed by atoms with Crippen molar-refractivity contribution in [2.75, 3.05) is 19.5 Å². The number of ether oxygens (including phenoxy) is 3. The van der Waals surface area contributed by atoms with Crippen LogP contribution >= 0.6 is 11.6 Å². The highest BCUT2D eigenvalue weighted by Crippen LogP contribution is 2.34. The number of benzene rings is 3. The Morgan fingerprint density at radius 2 is 1.88 bits per heavy atom. The molecule has 0 fully saturated rings. The number of amides is 2. The zero-order chi connectivity index (χ0) is 24.2. The highest BCUT2D eigenvalue weighted by molar-refractivity contribution is 6.30. The van der Waals surface area contributed by atoms with E-state index in [1.54, 1.807) is 62.4 Å². The van der Waals surface area contributed by atoms with Gasteiger partial charge in [0, 0.05) is 40.5 Å². The lowest BCUT2D eigenvalue weighted by Crippen LogP contribution is -2.37. The molecule has 3 aromatic rings. The SMILES string of the molecule is COc1cccc(CN2Cc3cc(NC(=O)c4ccc(Cl)cc4)ccc3O[C@H](C)C2=O)c1OC. The summed E-state index contributed by atoms with van der Waals surface area (Å²) in [6.45, 7) is 2.35. The summed E-state index contributed by atoms with van der Waals surface area (Å²) in [5.74, 6) is 1.38. The molecule has 0 bridgehead atoms. The van der Waals surface area contributed by atoms with Gasteiger partial charge < -0.3 is 24.4 Å². The van der Waals surface area contributed by atoms with Crippen molar-refractivity contribution in [3.8, 4) is 17.2 Å². The van der Waals surface area contributed by atoms with Crippen molar-refractivity contribution in [3.05, 3.63) is 82.4 Å². The van der Waals surface area contributed by atoms with Crippen LogP contribution in [0, 0.1) is 0 Å². The molecule has 8 heteroatoms. The molecule has 1 N–H and O–H groups in total. The van der Waals surface area contributed by atoms with Gasteiger partial charge in [-0.1, -0.05) is 23.7 Å². The fourth-order valence-electron chi connectivity index (χ4n) is 3.90. The maximum atomic E-state index is 13.1. The lowest BCUT2D eigenvalue weighted by molar-refractivity contribution is -0.138. The van der Waals surface area contributed by atoms with Crippen LogP contribution in [-0.2, 0) is 17.9 Å². The van der Waals surface area contributed by atoms with E-state index >= 15 is 0 Å². The Balaban J connectivity index is 1.59. The molecular formula is C26H25ClN2O5. The second kappa shape index (κ2) is 10.1. The number of carbonyl (C=O) groups is 2. The molecule has 1 aliphatic rings. The number of anilines is 1. The Bertz CT molecular complexity index is 1210. The van der Waals surface area contributed by atoms with Crippen molar-refractivity contribution in [2.45, 2.75) is 26.1 Å². The summed E-state index contributed by atoms with van der Waals surface area (Å²) >= 11 is 5.91. The lowest BCUT2D eigenvalue weighted by Gasteiger charge is -2.24. The predicted octanol–water partition coefficient (Wildman–Crippen LogP) is 4.92. The fraction of sp³-hybridized carbons (Fsp3) is 0.231. The predicted molar refractivity (Wildman–Crippen MR) is 130 cm³/mol. The average molecular weight is 481 g/mol. The van der Waals surface area contributed by atoms with E-state index < -0.39 is 6.10 Å². The number of nitrogens with one attached hydrogen (secondary N) is 1. The third kappa shape index (κ3) is 4.94. The number of carbonyl (C=O) groups excluding carboxylic acids is 2. The Morgan fingerprint density at radius 1 is 1.12 bits per heavy atom. The van der Waals surface area contributed by atoms with Crippen LogP contribution in [0.15, 0.2) is 60.7 Å². The van der Waals surface area contributed by atoms with Crippen LogP contribution < -0.4 is 19.5 Å². The molecule has 1 heterocycles. The topological polar surface area (TPSA) is 77.1 Å². The Hall–Kier alpha value is -3.71. The van der Waals surface area contributed by atoms with E-state index in [1.807, 2.05) is 24.3 Å². The van der Waals surface area contributed by atoms with Gasteiger partial charge in [0.1, 0.15) is 5.75 Å². The number of halogens is 1. The first-order valence-electron chi connectivity index (χ1n) is 10.7. The summed E-state index contributed by atoms with van der Waals surface area (Å²) in [5.41, 5.74) is 2.70. The van der Waals surface area contributed by atoms with Crippen LogP contribution in [0.2, 0.25) is 5.02 Å². The number of fused-ring (bicyclic) bond motifs is 1. The van der Waals surface area contributed by atoms with Crippen molar-refractivity contribution < 1.29 is 23.8 Å². The van der Waals surface area contributed by atoms with Crippen LogP contribution in [0.3, 0.4) is 0 Å². The van der Waals surface area contributed by atoms with Gasteiger partial charge in [0.2, 0.25) is 0 Å². The van der Waals surface area contributed by atoms with Crippen LogP contribution in [0.1, 0.15) is 28.4 Å². The standard InChI is InChI=1S/C26H25ClN2O5/c1-16-26(31)29(14-18-5-4-6-23(32-2)24(18)33-3)15-19-13-21(11-12-22(19)34-16)28-25(30)17-7-9-20(27)10-8-17/h4-13,16H,14-15H2,1-3H3,(H,28,30)/t16-/m1/s1. The molecule has 0 aromatic heterocycles. The van der Waals surface area contributed by atoms with E-state index in [-0.39, 0.29) is 11.8 Å². The molecule has 0 saturated carbocycles. The maximum absolute atomic E-state index is 13.1. The molecule has 0 saturated heterocycles. The molecule has 0 radical (unpaired) electrons. The first kappa shape index (κ1) is 23.4. The monoisotopic (exact) mass is 480 g/mol. The molecule has 1 atom stereocenters. The smallest absolute Gasteiger partial charge is 0.263 e. The molecule has 4 rings (SSSR count). The number of methoxy groups -OCH3 is 2. The van der Waals surface area contributed by atoms with E-state index in [4.69, 9.17) is 25.8 Å². The van der Waals surface area contributed by atoms with E-state index in [0.717, 1.165) is 11.1 Å². The van der Waals surface area contributed by atoms with Crippen LogP contribution in [0.4, 0.5) is 5.69 Å². The normalized spacial score (nSPS) is 15.1. The average Bonchev–Trinajstić information content (AvgIpc) is 2.95. The Labute approximate surface area is 203 Å². The summed E-state index contributed by atoms with van der Waals surface area (Å²) in [5, 5.41) is 3.45. The van der Waals surface area contributed by atoms with E-state index in [2.05, 4.69) is 5.32 Å². The third-order valence-corrected chi connectivity index (χ3v) is 5.85. The minimum Gasteiger partial charge on any atom is -0.493 e. The summed E-state index contributed by atoms with van der Waals surface area (Å²) in [6, 6.07) is 17.6. The molecule has 34 heavy (non-hydrogen) atoms. The van der Waals surface area contributed by atoms with Gasteiger partial charge in [-0.05, 0) is 55.5 Å². The molecule has 0 unspecified atom stereocenters. The van der Waals surface area contributed by atoms with Crippen LogP contribution in [0.5, 0.6) is 17.2 Å². The van der Waals surface area contributed by atoms with Crippen molar-refractivity contribution in [3.63, 3.8) is 0 Å². The van der Waals surface area contributed by atoms with E-state index in [0.29, 0.717) is 46.6 Å². The van der Waals surface area contributed by atoms with Gasteiger partial charge in [-0.2, -0.15) is 0 Å². The third-order valence-electron chi connectivity index (χ3n) is 5.59. The molecule has 7 nitrogen and oxygen atoms in total. The van der Waals surface area contributed by atoms with Crippen molar-refractivity contribution in [1.29, 1.82) is 0 Å². The van der Waals surface area contributed by atoms with Gasteiger partial charge >= 0.3 is 0 Å². The van der Waals surface area contributed by atoms with Crippen molar-refractivity contribution in [2.24, 2.45) is 0 Å². The summed E-state index contributed by atoms with van der Waals surface area (Å²) in [6.07, 6.45) is -0.660. The second-order valence-corrected chi connectivity index (χ2v) is 8.33. The first-order chi connectivity index (χ1) is 16.4. The molecule has 0 spiro atoms. The Kier molecular flexibility index (Phi) is 6.93. The molecule has 2 amide bonds. The summed E-state index contributed by atoms with van der Waals surface area (Å²) in [4.78, 5) is 27.4. The highest BCUT2D eigenvalue weighted by atomic mass is 35.5. The largest absolute Gasteiger partial charge is 0.493 e. The van der Waals surface area contributed by atoms with Crippen LogP contribution in [-0.4, -0.2) is 37.0 Å². The number of nitrogens with zero attached hydrogens (tertiary/aromatic N) is 1. The van der Waals surface area contributed by atoms with Gasteiger partial charge in [-0.25, -0.2) is 0 Å². The van der Waals surface area contributed by atoms with Gasteiger partial charge in [0.05, 0.1) is 14.2 Å². The molecule has 3 aromatic carbocycles. The first-order valence-corrected chi connectivity index (χ1v) is 11.1. The van der Waals surface area contributed by atoms with Gasteiger partial charge in [-0.15, -0.1) is 0 Å². The van der Waals surface area contributed by atoms with E-state index in [1.165, 1.54) is 0 Å². The summed E-state index contributed by atoms with van der Waals surface area (Å²) < 4.78 is 16.8. The zero-order valence-corrected chi connectivity index (χ0v) is 19.9. The Morgan fingerprint density at radius 3 is 2.59 bits per heavy atom. The fourth-order valence-corrected chi connectivity index (χ4v) is 4.03. The summed E-state index contributed by atoms with van der Waals surface area (Å²) in [7, 11) is 3.15. The van der Waals surface area contributed by atoms with Gasteiger partial charge in [0.15, 0.2) is 17.6 Å². The zero-order valence-electron chi connectivity index (χ0n) is 19.1. The molecule has 1 aliphatic heterocycles. The van der Waals surface area contributed by atoms with Crippen molar-refractivity contribution in [1.82, 2.24) is 4.90 Å². The second-order valence-electron chi connectivity index (χ2n) is 7.89. The van der Waals surface area contributed by atoms with E-state index in [9.17, 15) is 9.59 Å². The van der Waals surface area contributed by atoms with Gasteiger partial charge in [0.25, 0.3) is 11.8 Å². The maximum Gasteiger partial charge on any atom is 0.263 e. The molecular weight excluding hydrogens is 456 g/mol. The quantitative estimate of drug-likeness (QED) is 0.542. The molecule has 0 aliphatic carbocycles. The number of hydrogen-bond donors (Lipinski definition) is 1. The van der Waals surface area contributed by atoms with Gasteiger partial charge in [-0.3, -0.25) is 9.59 Å². The number of para-hydroxylation sites is 1. The molecule has 176 valence electrons.